The molecule has 0 spiro atoms. The van der Waals surface area contributed by atoms with E-state index >= 15 is 0 Å². The number of amides is 1. The van der Waals surface area contributed by atoms with Crippen molar-refractivity contribution in [2.75, 3.05) is 6.54 Å². The summed E-state index contributed by atoms with van der Waals surface area (Å²) in [6, 6.07) is 8.60. The molecule has 1 aromatic heterocycles. The van der Waals surface area contributed by atoms with Crippen LogP contribution < -0.4 is 5.73 Å². The highest BCUT2D eigenvalue weighted by molar-refractivity contribution is 6.06. The summed E-state index contributed by atoms with van der Waals surface area (Å²) in [7, 11) is 0. The van der Waals surface area contributed by atoms with Gasteiger partial charge in [-0.3, -0.25) is 4.79 Å². The van der Waals surface area contributed by atoms with Crippen molar-refractivity contribution in [3.8, 4) is 0 Å². The van der Waals surface area contributed by atoms with Crippen LogP contribution in [0.2, 0.25) is 0 Å². The molecule has 1 aliphatic carbocycles. The Morgan fingerprint density at radius 2 is 2.00 bits per heavy atom. The lowest BCUT2D eigenvalue weighted by Crippen LogP contribution is -2.44. The van der Waals surface area contributed by atoms with E-state index in [1.807, 2.05) is 35.4 Å². The number of aromatic nitrogens is 1. The molecule has 3 rings (SSSR count). The van der Waals surface area contributed by atoms with Crippen molar-refractivity contribution >= 4 is 16.8 Å². The van der Waals surface area contributed by atoms with Gasteiger partial charge in [0.15, 0.2) is 0 Å². The molecule has 1 aliphatic rings. The van der Waals surface area contributed by atoms with Gasteiger partial charge in [0.25, 0.3) is 5.91 Å². The Labute approximate surface area is 125 Å². The fourth-order valence-electron chi connectivity index (χ4n) is 3.38. The number of carbonyl (C=O) groups is 1. The van der Waals surface area contributed by atoms with Crippen LogP contribution in [0.4, 0.5) is 0 Å². The molecule has 4 heteroatoms. The lowest BCUT2D eigenvalue weighted by atomic mass is 9.90. The van der Waals surface area contributed by atoms with Crippen LogP contribution >= 0.6 is 0 Å². The average Bonchev–Trinajstić information content (AvgIpc) is 2.94. The van der Waals surface area contributed by atoms with E-state index in [2.05, 4.69) is 11.9 Å². The van der Waals surface area contributed by atoms with E-state index < -0.39 is 0 Å². The molecule has 3 N–H and O–H groups in total. The molecule has 21 heavy (non-hydrogen) atoms. The first-order chi connectivity index (χ1) is 10.2. The summed E-state index contributed by atoms with van der Waals surface area (Å²) in [5, 5.41) is 1.01. The second-order valence-corrected chi connectivity index (χ2v) is 5.91. The molecule has 0 radical (unpaired) electrons. The third-order valence-electron chi connectivity index (χ3n) is 4.60. The summed E-state index contributed by atoms with van der Waals surface area (Å²) in [5.74, 6) is 0.135. The number of hydrogen-bond donors (Lipinski definition) is 2. The van der Waals surface area contributed by atoms with Crippen LogP contribution in [-0.4, -0.2) is 34.4 Å². The number of rotatable bonds is 3. The molecule has 4 nitrogen and oxygen atoms in total. The first-order valence-electron chi connectivity index (χ1n) is 7.83. The van der Waals surface area contributed by atoms with Gasteiger partial charge in [-0.25, -0.2) is 0 Å². The van der Waals surface area contributed by atoms with Gasteiger partial charge >= 0.3 is 0 Å². The number of aromatic amines is 1. The predicted molar refractivity (Wildman–Crippen MR) is 85.2 cm³/mol. The Balaban J connectivity index is 1.85. The van der Waals surface area contributed by atoms with Gasteiger partial charge in [-0.1, -0.05) is 18.2 Å². The minimum absolute atomic E-state index is 0.135. The SMILES string of the molecule is CCN(C(=O)c1c[nH]c2ccccc12)C1CCC(N)CC1. The second kappa shape index (κ2) is 5.90. The number of H-pyrrole nitrogens is 1. The molecule has 2 aromatic rings. The summed E-state index contributed by atoms with van der Waals surface area (Å²) >= 11 is 0. The lowest BCUT2D eigenvalue weighted by molar-refractivity contribution is 0.0643. The van der Waals surface area contributed by atoms with Crippen molar-refractivity contribution in [2.24, 2.45) is 5.73 Å². The van der Waals surface area contributed by atoms with Gasteiger partial charge in [-0.05, 0) is 38.7 Å². The molecule has 1 heterocycles. The van der Waals surface area contributed by atoms with Crippen molar-refractivity contribution in [1.29, 1.82) is 0 Å². The van der Waals surface area contributed by atoms with Crippen LogP contribution in [0.15, 0.2) is 30.5 Å². The predicted octanol–water partition coefficient (Wildman–Crippen LogP) is 2.90. The lowest BCUT2D eigenvalue weighted by Gasteiger charge is -2.35. The number of para-hydroxylation sites is 1. The van der Waals surface area contributed by atoms with Crippen molar-refractivity contribution in [2.45, 2.75) is 44.7 Å². The maximum atomic E-state index is 12.9. The Hall–Kier alpha value is -1.81. The molecule has 1 saturated carbocycles. The van der Waals surface area contributed by atoms with Crippen LogP contribution in [-0.2, 0) is 0 Å². The number of carbonyl (C=O) groups excluding carboxylic acids is 1. The summed E-state index contributed by atoms with van der Waals surface area (Å²) in [6.07, 6.45) is 5.90. The summed E-state index contributed by atoms with van der Waals surface area (Å²) < 4.78 is 0. The molecule has 112 valence electrons. The molecule has 1 aromatic carbocycles. The molecular formula is C17H23N3O. The van der Waals surface area contributed by atoms with E-state index in [1.54, 1.807) is 0 Å². The quantitative estimate of drug-likeness (QED) is 0.911. The van der Waals surface area contributed by atoms with Gasteiger partial charge in [-0.2, -0.15) is 0 Å². The standard InChI is InChI=1S/C17H23N3O/c1-2-20(13-9-7-12(18)8-10-13)17(21)15-11-19-16-6-4-3-5-14(15)16/h3-6,11-13,19H,2,7-10,18H2,1H3. The third kappa shape index (κ3) is 2.68. The summed E-state index contributed by atoms with van der Waals surface area (Å²) in [5.41, 5.74) is 7.77. The van der Waals surface area contributed by atoms with Gasteiger partial charge in [0.05, 0.1) is 5.56 Å². The Bertz CT molecular complexity index is 626. The van der Waals surface area contributed by atoms with Gasteiger partial charge in [0.1, 0.15) is 0 Å². The smallest absolute Gasteiger partial charge is 0.256 e. The minimum Gasteiger partial charge on any atom is -0.360 e. The maximum Gasteiger partial charge on any atom is 0.256 e. The number of nitrogens with zero attached hydrogens (tertiary/aromatic N) is 1. The first-order valence-corrected chi connectivity index (χ1v) is 7.83. The third-order valence-corrected chi connectivity index (χ3v) is 4.60. The topological polar surface area (TPSA) is 62.1 Å². The number of fused-ring (bicyclic) bond motifs is 1. The Morgan fingerprint density at radius 1 is 1.29 bits per heavy atom. The van der Waals surface area contributed by atoms with E-state index in [4.69, 9.17) is 5.73 Å². The zero-order valence-corrected chi connectivity index (χ0v) is 12.5. The zero-order chi connectivity index (χ0) is 14.8. The number of hydrogen-bond acceptors (Lipinski definition) is 2. The molecule has 0 unspecified atom stereocenters. The van der Waals surface area contributed by atoms with E-state index in [0.29, 0.717) is 12.1 Å². The van der Waals surface area contributed by atoms with E-state index in [9.17, 15) is 4.79 Å². The average molecular weight is 285 g/mol. The van der Waals surface area contributed by atoms with Gasteiger partial charge in [0.2, 0.25) is 0 Å². The van der Waals surface area contributed by atoms with Crippen LogP contribution in [0.5, 0.6) is 0 Å². The Kier molecular flexibility index (Phi) is 3.97. The van der Waals surface area contributed by atoms with E-state index in [0.717, 1.165) is 48.7 Å². The number of nitrogens with two attached hydrogens (primary N) is 1. The van der Waals surface area contributed by atoms with Crippen LogP contribution in [0.3, 0.4) is 0 Å². The van der Waals surface area contributed by atoms with Crippen molar-refractivity contribution in [3.63, 3.8) is 0 Å². The van der Waals surface area contributed by atoms with Gasteiger partial charge < -0.3 is 15.6 Å². The van der Waals surface area contributed by atoms with E-state index in [-0.39, 0.29) is 5.91 Å². The highest BCUT2D eigenvalue weighted by Gasteiger charge is 2.28. The molecule has 0 atom stereocenters. The fourth-order valence-corrected chi connectivity index (χ4v) is 3.38. The molecule has 0 saturated heterocycles. The number of nitrogens with one attached hydrogen (secondary N) is 1. The first kappa shape index (κ1) is 14.1. The second-order valence-electron chi connectivity index (χ2n) is 5.91. The molecular weight excluding hydrogens is 262 g/mol. The van der Waals surface area contributed by atoms with Crippen molar-refractivity contribution in [1.82, 2.24) is 9.88 Å². The highest BCUT2D eigenvalue weighted by Crippen LogP contribution is 2.26. The largest absolute Gasteiger partial charge is 0.360 e. The van der Waals surface area contributed by atoms with Gasteiger partial charge in [0, 0.05) is 35.7 Å². The number of benzene rings is 1. The molecule has 1 amide bonds. The summed E-state index contributed by atoms with van der Waals surface area (Å²) in [6.45, 7) is 2.81. The Morgan fingerprint density at radius 3 is 2.71 bits per heavy atom. The highest BCUT2D eigenvalue weighted by atomic mass is 16.2. The van der Waals surface area contributed by atoms with E-state index in [1.165, 1.54) is 0 Å². The van der Waals surface area contributed by atoms with Crippen molar-refractivity contribution < 1.29 is 4.79 Å². The van der Waals surface area contributed by atoms with Crippen LogP contribution in [0.1, 0.15) is 43.0 Å². The minimum atomic E-state index is 0.135. The van der Waals surface area contributed by atoms with Crippen LogP contribution in [0.25, 0.3) is 10.9 Å². The summed E-state index contributed by atoms with van der Waals surface area (Å²) in [4.78, 5) is 18.1. The zero-order valence-electron chi connectivity index (χ0n) is 12.5. The maximum absolute atomic E-state index is 12.9. The molecule has 0 bridgehead atoms. The van der Waals surface area contributed by atoms with Crippen LogP contribution in [0, 0.1) is 0 Å². The normalized spacial score (nSPS) is 22.4. The monoisotopic (exact) mass is 285 g/mol. The van der Waals surface area contributed by atoms with Gasteiger partial charge in [-0.15, -0.1) is 0 Å². The van der Waals surface area contributed by atoms with Crippen molar-refractivity contribution in [3.05, 3.63) is 36.0 Å². The molecule has 1 fully saturated rings. The molecule has 0 aliphatic heterocycles. The fraction of sp³-hybridized carbons (Fsp3) is 0.471.